The lowest BCUT2D eigenvalue weighted by molar-refractivity contribution is -0.142. The summed E-state index contributed by atoms with van der Waals surface area (Å²) in [5, 5.41) is 6.03. The highest BCUT2D eigenvalue weighted by atomic mass is 32.1. The molecule has 0 atom stereocenters. The molecule has 0 fully saturated rings. The minimum Gasteiger partial charge on any atom is -0.466 e. The molecule has 0 aliphatic heterocycles. The Morgan fingerprint density at radius 2 is 2.26 bits per heavy atom. The number of aromatic nitrogens is 1. The van der Waals surface area contributed by atoms with Gasteiger partial charge in [-0.25, -0.2) is 13.8 Å². The van der Waals surface area contributed by atoms with E-state index >= 15 is 0 Å². The third-order valence-electron chi connectivity index (χ3n) is 2.90. The number of hydrogen-bond acceptors (Lipinski definition) is 6. The van der Waals surface area contributed by atoms with Crippen LogP contribution in [-0.2, 0) is 16.0 Å². The molecule has 1 N–H and O–H groups in total. The van der Waals surface area contributed by atoms with E-state index in [0.29, 0.717) is 17.4 Å². The third-order valence-corrected chi connectivity index (χ3v) is 3.69. The van der Waals surface area contributed by atoms with Crippen LogP contribution in [0.1, 0.15) is 23.7 Å². The standard InChI is InChI=1S/C15H15F2N3O2S/c1-3-22-13(21)6-11-8-23-15(19-11)20-18-7-10-4-5-12(16)9(2)14(10)17/h4-5,7-8H,3,6H2,1-2H3,(H,19,20). The summed E-state index contributed by atoms with van der Waals surface area (Å²) in [6.07, 6.45) is 1.33. The Morgan fingerprint density at radius 3 is 3.00 bits per heavy atom. The Balaban J connectivity index is 1.97. The topological polar surface area (TPSA) is 63.6 Å². The molecule has 0 bridgehead atoms. The number of nitrogens with zero attached hydrogens (tertiary/aromatic N) is 2. The third kappa shape index (κ3) is 4.56. The molecule has 0 aliphatic rings. The zero-order valence-corrected chi connectivity index (χ0v) is 13.4. The van der Waals surface area contributed by atoms with E-state index < -0.39 is 11.6 Å². The number of anilines is 1. The van der Waals surface area contributed by atoms with Gasteiger partial charge >= 0.3 is 5.97 Å². The maximum absolute atomic E-state index is 13.8. The van der Waals surface area contributed by atoms with Crippen molar-refractivity contribution in [3.8, 4) is 0 Å². The van der Waals surface area contributed by atoms with Gasteiger partial charge in [-0.2, -0.15) is 5.10 Å². The molecule has 0 radical (unpaired) electrons. The summed E-state index contributed by atoms with van der Waals surface area (Å²) < 4.78 is 31.8. The van der Waals surface area contributed by atoms with Crippen LogP contribution in [0.3, 0.4) is 0 Å². The molecule has 23 heavy (non-hydrogen) atoms. The lowest BCUT2D eigenvalue weighted by Gasteiger charge is -2.01. The van der Waals surface area contributed by atoms with Crippen LogP contribution in [-0.4, -0.2) is 23.8 Å². The van der Waals surface area contributed by atoms with Crippen LogP contribution in [0.15, 0.2) is 22.6 Å². The number of nitrogens with one attached hydrogen (secondary N) is 1. The van der Waals surface area contributed by atoms with Gasteiger partial charge in [-0.1, -0.05) is 0 Å². The predicted octanol–water partition coefficient (Wildman–Crippen LogP) is 3.28. The number of carbonyl (C=O) groups excluding carboxylic acids is 1. The number of carbonyl (C=O) groups is 1. The zero-order chi connectivity index (χ0) is 16.8. The molecule has 2 rings (SSSR count). The number of ether oxygens (including phenoxy) is 1. The van der Waals surface area contributed by atoms with Crippen molar-refractivity contribution in [1.29, 1.82) is 0 Å². The highest BCUT2D eigenvalue weighted by molar-refractivity contribution is 7.13. The maximum Gasteiger partial charge on any atom is 0.311 e. The van der Waals surface area contributed by atoms with E-state index in [0.717, 1.165) is 0 Å². The van der Waals surface area contributed by atoms with Crippen molar-refractivity contribution in [2.24, 2.45) is 5.10 Å². The van der Waals surface area contributed by atoms with E-state index in [2.05, 4.69) is 15.5 Å². The summed E-state index contributed by atoms with van der Waals surface area (Å²) in [4.78, 5) is 15.5. The molecule has 0 unspecified atom stereocenters. The molecule has 8 heteroatoms. The smallest absolute Gasteiger partial charge is 0.311 e. The minimum atomic E-state index is -0.655. The average molecular weight is 339 g/mol. The number of hydrazone groups is 1. The van der Waals surface area contributed by atoms with Gasteiger partial charge in [0, 0.05) is 16.5 Å². The van der Waals surface area contributed by atoms with E-state index in [1.54, 1.807) is 12.3 Å². The lowest BCUT2D eigenvalue weighted by Crippen LogP contribution is -2.07. The second kappa shape index (κ2) is 7.77. The molecule has 1 aromatic carbocycles. The fourth-order valence-corrected chi connectivity index (χ4v) is 2.40. The predicted molar refractivity (Wildman–Crippen MR) is 84.8 cm³/mol. The summed E-state index contributed by atoms with van der Waals surface area (Å²) >= 11 is 1.26. The second-order valence-corrected chi connectivity index (χ2v) is 5.43. The average Bonchev–Trinajstić information content (AvgIpc) is 2.95. The van der Waals surface area contributed by atoms with Crippen molar-refractivity contribution in [2.45, 2.75) is 20.3 Å². The summed E-state index contributed by atoms with van der Waals surface area (Å²) in [5.41, 5.74) is 3.32. The van der Waals surface area contributed by atoms with Gasteiger partial charge in [-0.3, -0.25) is 10.2 Å². The van der Waals surface area contributed by atoms with Crippen LogP contribution < -0.4 is 5.43 Å². The van der Waals surface area contributed by atoms with E-state index in [9.17, 15) is 13.6 Å². The van der Waals surface area contributed by atoms with Crippen LogP contribution in [0.25, 0.3) is 0 Å². The maximum atomic E-state index is 13.8. The van der Waals surface area contributed by atoms with Crippen LogP contribution in [0, 0.1) is 18.6 Å². The Kier molecular flexibility index (Phi) is 5.75. The summed E-state index contributed by atoms with van der Waals surface area (Å²) in [7, 11) is 0. The van der Waals surface area contributed by atoms with Crippen molar-refractivity contribution >= 4 is 28.7 Å². The number of hydrogen-bond donors (Lipinski definition) is 1. The summed E-state index contributed by atoms with van der Waals surface area (Å²) in [5.74, 6) is -1.61. The van der Waals surface area contributed by atoms with Gasteiger partial charge in [-0.15, -0.1) is 11.3 Å². The monoisotopic (exact) mass is 339 g/mol. The van der Waals surface area contributed by atoms with Crippen molar-refractivity contribution in [3.63, 3.8) is 0 Å². The summed E-state index contributed by atoms with van der Waals surface area (Å²) in [6, 6.07) is 2.48. The SMILES string of the molecule is CCOC(=O)Cc1csc(NN=Cc2ccc(F)c(C)c2F)n1. The van der Waals surface area contributed by atoms with Crippen molar-refractivity contribution in [2.75, 3.05) is 12.0 Å². The fraction of sp³-hybridized carbons (Fsp3) is 0.267. The van der Waals surface area contributed by atoms with Crippen LogP contribution >= 0.6 is 11.3 Å². The Bertz CT molecular complexity index is 732. The first-order chi connectivity index (χ1) is 11.0. The zero-order valence-electron chi connectivity index (χ0n) is 12.6. The number of rotatable bonds is 6. The molecule has 0 aliphatic carbocycles. The van der Waals surface area contributed by atoms with Crippen LogP contribution in [0.2, 0.25) is 0 Å². The highest BCUT2D eigenvalue weighted by Crippen LogP contribution is 2.17. The summed E-state index contributed by atoms with van der Waals surface area (Å²) in [6.45, 7) is 3.41. The molecule has 0 spiro atoms. The molecule has 1 aromatic heterocycles. The first-order valence-electron chi connectivity index (χ1n) is 6.85. The van der Waals surface area contributed by atoms with Gasteiger partial charge in [0.2, 0.25) is 5.13 Å². The molecular formula is C15H15F2N3O2S. The fourth-order valence-electron chi connectivity index (χ4n) is 1.74. The number of thiazole rings is 1. The normalized spacial score (nSPS) is 11.0. The number of halogens is 2. The second-order valence-electron chi connectivity index (χ2n) is 4.57. The molecule has 0 amide bonds. The highest BCUT2D eigenvalue weighted by Gasteiger charge is 2.09. The van der Waals surface area contributed by atoms with Crippen LogP contribution in [0.4, 0.5) is 13.9 Å². The molecule has 0 saturated carbocycles. The molecule has 122 valence electrons. The van der Waals surface area contributed by atoms with E-state index in [1.165, 1.54) is 36.6 Å². The Labute approximate surface area is 136 Å². The van der Waals surface area contributed by atoms with Crippen LogP contribution in [0.5, 0.6) is 0 Å². The lowest BCUT2D eigenvalue weighted by atomic mass is 10.1. The first kappa shape index (κ1) is 17.0. The molecule has 5 nitrogen and oxygen atoms in total. The van der Waals surface area contributed by atoms with E-state index in [4.69, 9.17) is 4.74 Å². The van der Waals surface area contributed by atoms with Crippen molar-refractivity contribution < 1.29 is 18.3 Å². The molecule has 1 heterocycles. The largest absolute Gasteiger partial charge is 0.466 e. The molecule has 0 saturated heterocycles. The van der Waals surface area contributed by atoms with Gasteiger partial charge in [0.25, 0.3) is 0 Å². The quantitative estimate of drug-likeness (QED) is 0.498. The molecular weight excluding hydrogens is 324 g/mol. The minimum absolute atomic E-state index is 0.0556. The van der Waals surface area contributed by atoms with Gasteiger partial charge in [0.05, 0.1) is 24.9 Å². The van der Waals surface area contributed by atoms with Gasteiger partial charge in [0.15, 0.2) is 0 Å². The first-order valence-corrected chi connectivity index (χ1v) is 7.73. The van der Waals surface area contributed by atoms with Gasteiger partial charge in [-0.05, 0) is 26.0 Å². The van der Waals surface area contributed by atoms with Gasteiger partial charge in [0.1, 0.15) is 11.6 Å². The van der Waals surface area contributed by atoms with Gasteiger partial charge < -0.3 is 4.74 Å². The van der Waals surface area contributed by atoms with E-state index in [-0.39, 0.29) is 23.5 Å². The number of benzene rings is 1. The Morgan fingerprint density at radius 1 is 1.48 bits per heavy atom. The molecule has 2 aromatic rings. The van der Waals surface area contributed by atoms with Crippen molar-refractivity contribution in [1.82, 2.24) is 4.98 Å². The number of esters is 1. The van der Waals surface area contributed by atoms with E-state index in [1.807, 2.05) is 0 Å². The van der Waals surface area contributed by atoms with Crippen molar-refractivity contribution in [3.05, 3.63) is 46.0 Å². The Hall–Kier alpha value is -2.35.